The third kappa shape index (κ3) is 5.93. The number of hydrogen-bond acceptors (Lipinski definition) is 6. The van der Waals surface area contributed by atoms with Gasteiger partial charge in [0, 0.05) is 18.7 Å². The zero-order valence-corrected chi connectivity index (χ0v) is 18.9. The van der Waals surface area contributed by atoms with E-state index in [4.69, 9.17) is 4.74 Å². The molecule has 2 aliphatic rings. The van der Waals surface area contributed by atoms with Crippen molar-refractivity contribution in [3.8, 4) is 0 Å². The molecule has 3 atom stereocenters. The Morgan fingerprint density at radius 3 is 2.67 bits per heavy atom. The maximum Gasteiger partial charge on any atom is 0.328 e. The molecule has 0 aliphatic carbocycles. The first kappa shape index (κ1) is 22.7. The van der Waals surface area contributed by atoms with Gasteiger partial charge in [0.05, 0.1) is 11.2 Å². The minimum absolute atomic E-state index is 0.0653. The first-order valence-electron chi connectivity index (χ1n) is 10.3. The molecule has 0 amide bonds. The molecule has 154 valence electrons. The number of hydrogen-bond donors (Lipinski definition) is 0. The number of thioether (sulfide) groups is 2. The molecule has 0 bridgehead atoms. The van der Waals surface area contributed by atoms with Crippen molar-refractivity contribution in [3.05, 3.63) is 12.3 Å². The van der Waals surface area contributed by atoms with Crippen LogP contribution in [-0.4, -0.2) is 51.4 Å². The van der Waals surface area contributed by atoms with E-state index in [1.807, 2.05) is 6.20 Å². The molecule has 2 heterocycles. The number of carbonyl (C=O) groups excluding carboxylic acids is 2. The summed E-state index contributed by atoms with van der Waals surface area (Å²) in [7, 11) is 1.46. The van der Waals surface area contributed by atoms with Crippen molar-refractivity contribution < 1.29 is 14.3 Å². The molecule has 0 N–H and O–H groups in total. The monoisotopic (exact) mass is 413 g/mol. The van der Waals surface area contributed by atoms with Crippen LogP contribution in [0.15, 0.2) is 12.3 Å². The summed E-state index contributed by atoms with van der Waals surface area (Å²) < 4.78 is 5.30. The lowest BCUT2D eigenvalue weighted by Crippen LogP contribution is -2.52. The Labute approximate surface area is 173 Å². The van der Waals surface area contributed by atoms with E-state index in [1.54, 1.807) is 6.08 Å². The van der Waals surface area contributed by atoms with Crippen molar-refractivity contribution in [2.75, 3.05) is 18.6 Å². The Morgan fingerprint density at radius 2 is 2.07 bits per heavy atom. The van der Waals surface area contributed by atoms with Gasteiger partial charge in [-0.05, 0) is 42.8 Å². The van der Waals surface area contributed by atoms with Gasteiger partial charge in [0.2, 0.25) is 0 Å². The summed E-state index contributed by atoms with van der Waals surface area (Å²) >= 11 is 4.14. The third-order valence-corrected chi connectivity index (χ3v) is 9.20. The second kappa shape index (κ2) is 10.8. The maximum atomic E-state index is 12.6. The Hall–Kier alpha value is -0.620. The first-order valence-corrected chi connectivity index (χ1v) is 12.3. The van der Waals surface area contributed by atoms with Gasteiger partial charge in [0.25, 0.3) is 0 Å². The molecule has 1 saturated heterocycles. The van der Waals surface area contributed by atoms with Crippen molar-refractivity contribution in [2.45, 2.75) is 81.9 Å². The lowest BCUT2D eigenvalue weighted by atomic mass is 9.91. The molecule has 0 aromatic carbocycles. The van der Waals surface area contributed by atoms with E-state index in [9.17, 15) is 9.59 Å². The van der Waals surface area contributed by atoms with E-state index >= 15 is 0 Å². The third-order valence-electron chi connectivity index (χ3n) is 5.71. The van der Waals surface area contributed by atoms with E-state index in [-0.39, 0.29) is 33.8 Å². The number of esters is 1. The molecule has 0 radical (unpaired) electrons. The van der Waals surface area contributed by atoms with Crippen molar-refractivity contribution in [1.29, 1.82) is 0 Å². The van der Waals surface area contributed by atoms with Gasteiger partial charge in [-0.1, -0.05) is 40.0 Å². The van der Waals surface area contributed by atoms with Crippen molar-refractivity contribution in [3.63, 3.8) is 0 Å². The Bertz CT molecular complexity index is 532. The fourth-order valence-electron chi connectivity index (χ4n) is 3.97. The number of methoxy groups -OCH3 is 1. The molecule has 0 unspecified atom stereocenters. The fourth-order valence-corrected chi connectivity index (χ4v) is 7.51. The highest BCUT2D eigenvalue weighted by Gasteiger charge is 2.42. The predicted octanol–water partition coefficient (Wildman–Crippen LogP) is 4.88. The van der Waals surface area contributed by atoms with Gasteiger partial charge in [-0.15, -0.1) is 23.5 Å². The van der Waals surface area contributed by atoms with Gasteiger partial charge < -0.3 is 9.64 Å². The summed E-state index contributed by atoms with van der Waals surface area (Å²) in [5, 5.41) is 0. The number of carbonyl (C=O) groups is 2. The Morgan fingerprint density at radius 1 is 1.37 bits per heavy atom. The van der Waals surface area contributed by atoms with E-state index in [1.165, 1.54) is 44.3 Å². The average Bonchev–Trinajstić information content (AvgIpc) is 2.68. The van der Waals surface area contributed by atoms with E-state index in [0.717, 1.165) is 12.8 Å². The SMILES string of the molecule is CCCCC1(C[C@H]2CC(=O)C=CN2[C@H](C(=O)OC)[C@@H](C)CC)SCCCS1. The van der Waals surface area contributed by atoms with Crippen molar-refractivity contribution >= 4 is 35.3 Å². The standard InChI is InChI=1S/C21H35NO3S2/c1-5-7-10-21(26-12-8-13-27-21)15-17-14-18(23)9-11-22(17)19(16(3)6-2)20(24)25-4/h9,11,16-17,19H,5-8,10,12-15H2,1-4H3/t16-,17+,19-/m0/s1. The van der Waals surface area contributed by atoms with Crippen LogP contribution in [0.4, 0.5) is 0 Å². The van der Waals surface area contributed by atoms with Crippen LogP contribution in [0.25, 0.3) is 0 Å². The highest BCUT2D eigenvalue weighted by molar-refractivity contribution is 8.18. The number of allylic oxidation sites excluding steroid dienone is 1. The van der Waals surface area contributed by atoms with Crippen LogP contribution < -0.4 is 0 Å². The molecule has 0 aromatic heterocycles. The fraction of sp³-hybridized carbons (Fsp3) is 0.810. The molecule has 6 heteroatoms. The van der Waals surface area contributed by atoms with Gasteiger partial charge >= 0.3 is 5.97 Å². The van der Waals surface area contributed by atoms with Crippen LogP contribution in [-0.2, 0) is 14.3 Å². The summed E-state index contributed by atoms with van der Waals surface area (Å²) in [6.07, 6.45) is 10.7. The maximum absolute atomic E-state index is 12.6. The molecule has 1 fully saturated rings. The molecule has 2 rings (SSSR count). The number of rotatable bonds is 9. The predicted molar refractivity (Wildman–Crippen MR) is 116 cm³/mol. The van der Waals surface area contributed by atoms with Crippen LogP contribution in [0, 0.1) is 5.92 Å². The molecule has 4 nitrogen and oxygen atoms in total. The minimum Gasteiger partial charge on any atom is -0.467 e. The highest BCUT2D eigenvalue weighted by atomic mass is 32.2. The molecule has 2 aliphatic heterocycles. The quantitative estimate of drug-likeness (QED) is 0.502. The van der Waals surface area contributed by atoms with Gasteiger partial charge in [-0.2, -0.15) is 0 Å². The van der Waals surface area contributed by atoms with Gasteiger partial charge in [-0.25, -0.2) is 4.79 Å². The topological polar surface area (TPSA) is 46.6 Å². The molecule has 0 saturated carbocycles. The van der Waals surface area contributed by atoms with Crippen molar-refractivity contribution in [2.24, 2.45) is 5.92 Å². The average molecular weight is 414 g/mol. The van der Waals surface area contributed by atoms with Crippen LogP contribution in [0.1, 0.15) is 65.7 Å². The molecule has 0 aromatic rings. The second-order valence-electron chi connectivity index (χ2n) is 7.71. The highest BCUT2D eigenvalue weighted by Crippen LogP contribution is 2.50. The largest absolute Gasteiger partial charge is 0.467 e. The number of nitrogens with zero attached hydrogens (tertiary/aromatic N) is 1. The normalized spacial score (nSPS) is 24.5. The Kier molecular flexibility index (Phi) is 9.06. The van der Waals surface area contributed by atoms with Gasteiger partial charge in [0.1, 0.15) is 6.04 Å². The first-order chi connectivity index (χ1) is 13.0. The van der Waals surface area contributed by atoms with Crippen LogP contribution in [0.2, 0.25) is 0 Å². The summed E-state index contributed by atoms with van der Waals surface area (Å²) in [4.78, 5) is 27.0. The van der Waals surface area contributed by atoms with E-state index in [2.05, 4.69) is 49.2 Å². The Balaban J connectivity index is 2.27. The number of unbranched alkanes of at least 4 members (excludes halogenated alkanes) is 1. The minimum atomic E-state index is -0.323. The smallest absolute Gasteiger partial charge is 0.328 e. The molecule has 27 heavy (non-hydrogen) atoms. The van der Waals surface area contributed by atoms with E-state index in [0.29, 0.717) is 6.42 Å². The summed E-state index contributed by atoms with van der Waals surface area (Å²) in [6.45, 7) is 6.44. The molecular formula is C21H35NO3S2. The number of ether oxygens (including phenoxy) is 1. The van der Waals surface area contributed by atoms with Crippen LogP contribution in [0.3, 0.4) is 0 Å². The lowest BCUT2D eigenvalue weighted by Gasteiger charge is -2.45. The van der Waals surface area contributed by atoms with E-state index < -0.39 is 0 Å². The molecule has 0 spiro atoms. The van der Waals surface area contributed by atoms with Crippen molar-refractivity contribution in [1.82, 2.24) is 4.90 Å². The van der Waals surface area contributed by atoms with Gasteiger partial charge in [0.15, 0.2) is 5.78 Å². The zero-order valence-electron chi connectivity index (χ0n) is 17.2. The summed E-state index contributed by atoms with van der Waals surface area (Å²) in [5.41, 5.74) is 0. The second-order valence-corrected chi connectivity index (χ2v) is 10.9. The number of ketones is 1. The van der Waals surface area contributed by atoms with Crippen LogP contribution in [0.5, 0.6) is 0 Å². The summed E-state index contributed by atoms with van der Waals surface area (Å²) in [6, 6.07) is -0.258. The van der Waals surface area contributed by atoms with Gasteiger partial charge in [-0.3, -0.25) is 4.79 Å². The van der Waals surface area contributed by atoms with Crippen LogP contribution >= 0.6 is 23.5 Å². The zero-order chi connectivity index (χ0) is 19.9. The molecular weight excluding hydrogens is 378 g/mol. The summed E-state index contributed by atoms with van der Waals surface area (Å²) in [5.74, 6) is 2.54. The lowest BCUT2D eigenvalue weighted by molar-refractivity contribution is -0.149.